The molecule has 9 heteroatoms. The van der Waals surface area contributed by atoms with Gasteiger partial charge in [0.2, 0.25) is 0 Å². The molecule has 0 aliphatic heterocycles. The van der Waals surface area contributed by atoms with Gasteiger partial charge in [0.1, 0.15) is 0 Å². The third kappa shape index (κ3) is 23.5. The van der Waals surface area contributed by atoms with E-state index in [1.54, 1.807) is 0 Å². The van der Waals surface area contributed by atoms with E-state index in [0.29, 0.717) is 0 Å². The molecule has 4 N–H and O–H groups in total. The highest BCUT2D eigenvalue weighted by molar-refractivity contribution is 7.60. The Morgan fingerprint density at radius 1 is 0.958 bits per heavy atom. The van der Waals surface area contributed by atoms with Crippen molar-refractivity contribution in [3.63, 3.8) is 0 Å². The molecule has 0 aromatic rings. The van der Waals surface area contributed by atoms with Crippen LogP contribution in [0, 0.1) is 0 Å². The highest BCUT2D eigenvalue weighted by Crippen LogP contribution is 2.53. The van der Waals surface area contributed by atoms with E-state index < -0.39 is 15.6 Å². The maximum Gasteiger partial charge on any atom is 0.478 e. The van der Waals surface area contributed by atoms with Crippen molar-refractivity contribution in [1.82, 2.24) is 0 Å². The van der Waals surface area contributed by atoms with E-state index in [2.05, 4.69) is 50.4 Å². The Labute approximate surface area is 143 Å². The molecular formula is C15H28O7P2. The normalized spacial score (nSPS) is 12.0. The van der Waals surface area contributed by atoms with Gasteiger partial charge in [0.05, 0.1) is 0 Å². The van der Waals surface area contributed by atoms with Gasteiger partial charge in [-0.1, -0.05) is 48.1 Å². The van der Waals surface area contributed by atoms with Crippen molar-refractivity contribution in [2.24, 2.45) is 0 Å². The van der Waals surface area contributed by atoms with Gasteiger partial charge in [-0.15, -0.1) is 0 Å². The Bertz CT molecular complexity index is 528. The number of hydrogen-bond acceptors (Lipinski definition) is 3. The van der Waals surface area contributed by atoms with E-state index in [4.69, 9.17) is 19.6 Å². The minimum absolute atomic E-state index is 1.03. The molecule has 7 nitrogen and oxygen atoms in total. The van der Waals surface area contributed by atoms with Crippen LogP contribution in [-0.4, -0.2) is 19.6 Å². The summed E-state index contributed by atoms with van der Waals surface area (Å²) in [6, 6.07) is 0. The molecule has 0 bridgehead atoms. The molecule has 0 aliphatic carbocycles. The smallest absolute Gasteiger partial charge is 0.302 e. The van der Waals surface area contributed by atoms with Crippen LogP contribution >= 0.6 is 15.6 Å². The van der Waals surface area contributed by atoms with Crippen LogP contribution in [0.5, 0.6) is 0 Å². The maximum absolute atomic E-state index is 9.63. The number of hydrogen-bond donors (Lipinski definition) is 4. The molecule has 0 fully saturated rings. The molecule has 0 aromatic carbocycles. The van der Waals surface area contributed by atoms with Crippen LogP contribution < -0.4 is 0 Å². The first-order chi connectivity index (χ1) is 10.8. The average Bonchev–Trinajstić information content (AvgIpc) is 2.34. The lowest BCUT2D eigenvalue weighted by molar-refractivity contribution is 0.225. The van der Waals surface area contributed by atoms with Gasteiger partial charge in [0.15, 0.2) is 0 Å². The van der Waals surface area contributed by atoms with Crippen LogP contribution in [0.3, 0.4) is 0 Å². The average molecular weight is 382 g/mol. The van der Waals surface area contributed by atoms with Crippen molar-refractivity contribution >= 4 is 15.6 Å². The van der Waals surface area contributed by atoms with E-state index in [9.17, 15) is 9.13 Å². The predicted octanol–water partition coefficient (Wildman–Crippen LogP) is 4.39. The second-order valence-corrected chi connectivity index (χ2v) is 7.95. The van der Waals surface area contributed by atoms with Gasteiger partial charge < -0.3 is 19.6 Å². The zero-order chi connectivity index (χ0) is 19.4. The van der Waals surface area contributed by atoms with Gasteiger partial charge in [-0.25, -0.2) is 9.13 Å². The van der Waals surface area contributed by atoms with Gasteiger partial charge in [-0.05, 0) is 46.5 Å². The second kappa shape index (κ2) is 12.6. The summed E-state index contributed by atoms with van der Waals surface area (Å²) in [6.07, 6.45) is 10.9. The molecule has 0 aromatic heterocycles. The Hall–Kier alpha value is -0.780. The lowest BCUT2D eigenvalue weighted by Crippen LogP contribution is -1.84. The van der Waals surface area contributed by atoms with E-state index in [-0.39, 0.29) is 0 Å². The molecule has 0 rings (SSSR count). The third-order valence-corrected chi connectivity index (χ3v) is 4.25. The maximum atomic E-state index is 9.63. The Kier molecular flexibility index (Phi) is 13.3. The van der Waals surface area contributed by atoms with Crippen LogP contribution in [0.2, 0.25) is 0 Å². The van der Waals surface area contributed by atoms with Crippen LogP contribution in [-0.2, 0) is 13.4 Å². The van der Waals surface area contributed by atoms with Crippen LogP contribution in [0.25, 0.3) is 0 Å². The number of rotatable bonds is 9. The molecule has 0 unspecified atom stereocenters. The highest BCUT2D eigenvalue weighted by Gasteiger charge is 2.27. The molecule has 0 amide bonds. The molecule has 0 saturated carbocycles. The summed E-state index contributed by atoms with van der Waals surface area (Å²) in [6.45, 7) is 14.1. The van der Waals surface area contributed by atoms with E-state index in [1.165, 1.54) is 17.6 Å². The number of phosphoric acid groups is 2. The third-order valence-electron chi connectivity index (χ3n) is 2.55. The lowest BCUT2D eigenvalue weighted by atomic mass is 10.1. The van der Waals surface area contributed by atoms with E-state index in [0.717, 1.165) is 24.8 Å². The SMILES string of the molecule is C=CC(=C)CC/C=C(\C)CCC=C(C)C.O=P(O)(O)OP(=O)(O)O. The molecule has 140 valence electrons. The fourth-order valence-electron chi connectivity index (χ4n) is 1.44. The quantitative estimate of drug-likeness (QED) is 0.265. The summed E-state index contributed by atoms with van der Waals surface area (Å²) in [5, 5.41) is 0. The Morgan fingerprint density at radius 3 is 1.75 bits per heavy atom. The molecule has 24 heavy (non-hydrogen) atoms. The van der Waals surface area contributed by atoms with Crippen molar-refractivity contribution in [3.8, 4) is 0 Å². The molecule has 0 spiro atoms. The Morgan fingerprint density at radius 2 is 1.42 bits per heavy atom. The largest absolute Gasteiger partial charge is 0.478 e. The van der Waals surface area contributed by atoms with Crippen molar-refractivity contribution in [2.75, 3.05) is 0 Å². The van der Waals surface area contributed by atoms with Gasteiger partial charge in [0.25, 0.3) is 0 Å². The lowest BCUT2D eigenvalue weighted by Gasteiger charge is -2.03. The fourth-order valence-corrected chi connectivity index (χ4v) is 2.54. The summed E-state index contributed by atoms with van der Waals surface area (Å²) >= 11 is 0. The minimum Gasteiger partial charge on any atom is -0.302 e. The second-order valence-electron chi connectivity index (χ2n) is 5.33. The fraction of sp³-hybridized carbons (Fsp3) is 0.467. The van der Waals surface area contributed by atoms with Crippen molar-refractivity contribution in [3.05, 3.63) is 48.1 Å². The first-order valence-corrected chi connectivity index (χ1v) is 10.2. The van der Waals surface area contributed by atoms with Crippen LogP contribution in [0.1, 0.15) is 46.5 Å². The molecule has 0 atom stereocenters. The standard InChI is InChI=1S/C15H24.H4O7P2/c1-6-14(4)10-8-12-15(5)11-7-9-13(2)3;1-8(2,3)7-9(4,5)6/h6,9,12H,1,4,7-8,10-11H2,2-3,5H3;(H2,1,2,3)(H2,4,5,6)/b15-12+;. The molecule has 0 aliphatic rings. The first-order valence-electron chi connectivity index (χ1n) is 7.18. The van der Waals surface area contributed by atoms with Crippen molar-refractivity contribution in [2.45, 2.75) is 46.5 Å². The van der Waals surface area contributed by atoms with Crippen LogP contribution in [0.15, 0.2) is 48.1 Å². The van der Waals surface area contributed by atoms with Crippen LogP contribution in [0.4, 0.5) is 0 Å². The molecule has 0 saturated heterocycles. The summed E-state index contributed by atoms with van der Waals surface area (Å²) < 4.78 is 22.2. The van der Waals surface area contributed by atoms with E-state index >= 15 is 0 Å². The monoisotopic (exact) mass is 382 g/mol. The van der Waals surface area contributed by atoms with Gasteiger partial charge in [-0.3, -0.25) is 0 Å². The summed E-state index contributed by atoms with van der Waals surface area (Å²) in [4.78, 5) is 31.0. The molecule has 0 heterocycles. The molecule has 0 radical (unpaired) electrons. The summed E-state index contributed by atoms with van der Waals surface area (Å²) in [5.41, 5.74) is 4.01. The topological polar surface area (TPSA) is 124 Å². The van der Waals surface area contributed by atoms with Gasteiger partial charge in [-0.2, -0.15) is 4.31 Å². The van der Waals surface area contributed by atoms with Crippen molar-refractivity contribution < 1.29 is 33.0 Å². The predicted molar refractivity (Wildman–Crippen MR) is 96.2 cm³/mol. The Balaban J connectivity index is 0. The first kappa shape index (κ1) is 25.5. The number of allylic oxidation sites excluding steroid dienone is 6. The van der Waals surface area contributed by atoms with Gasteiger partial charge >= 0.3 is 15.6 Å². The minimum atomic E-state index is -5.05. The summed E-state index contributed by atoms with van der Waals surface area (Å²) in [7, 11) is -10.1. The van der Waals surface area contributed by atoms with E-state index in [1.807, 2.05) is 6.08 Å². The van der Waals surface area contributed by atoms with Crippen molar-refractivity contribution in [1.29, 1.82) is 0 Å². The summed E-state index contributed by atoms with van der Waals surface area (Å²) in [5.74, 6) is 0. The molecular weight excluding hydrogens is 354 g/mol. The van der Waals surface area contributed by atoms with Gasteiger partial charge in [0, 0.05) is 0 Å². The highest BCUT2D eigenvalue weighted by atomic mass is 31.3. The zero-order valence-electron chi connectivity index (χ0n) is 14.4. The zero-order valence-corrected chi connectivity index (χ0v) is 16.2.